The third-order valence-corrected chi connectivity index (χ3v) is 5.33. The molecule has 0 aliphatic carbocycles. The smallest absolute Gasteiger partial charge is 0.251 e. The summed E-state index contributed by atoms with van der Waals surface area (Å²) in [5.41, 5.74) is 4.02. The van der Waals surface area contributed by atoms with Gasteiger partial charge in [0.15, 0.2) is 0 Å². The number of fused-ring (bicyclic) bond motifs is 1. The second kappa shape index (κ2) is 9.66. The quantitative estimate of drug-likeness (QED) is 0.435. The number of para-hydroxylation sites is 2. The summed E-state index contributed by atoms with van der Waals surface area (Å²) in [5.74, 6) is 0.444. The highest BCUT2D eigenvalue weighted by molar-refractivity contribution is 6.30. The number of halogens is 1. The van der Waals surface area contributed by atoms with E-state index >= 15 is 0 Å². The highest BCUT2D eigenvalue weighted by Gasteiger charge is 2.14. The molecule has 0 saturated carbocycles. The first-order valence-corrected chi connectivity index (χ1v) is 10.7. The van der Waals surface area contributed by atoms with Gasteiger partial charge in [-0.3, -0.25) is 9.59 Å². The molecule has 0 unspecified atom stereocenters. The van der Waals surface area contributed by atoms with Crippen molar-refractivity contribution in [3.05, 3.63) is 94.8 Å². The molecule has 162 valence electrons. The van der Waals surface area contributed by atoms with E-state index in [1.807, 2.05) is 54.0 Å². The second-order valence-electron chi connectivity index (χ2n) is 7.53. The van der Waals surface area contributed by atoms with Crippen molar-refractivity contribution in [2.24, 2.45) is 0 Å². The number of carbonyl (C=O) groups excluding carboxylic acids is 2. The van der Waals surface area contributed by atoms with E-state index in [9.17, 15) is 9.59 Å². The first-order chi connectivity index (χ1) is 15.5. The molecule has 4 rings (SSSR count). The third kappa shape index (κ3) is 5.15. The lowest BCUT2D eigenvalue weighted by molar-refractivity contribution is -0.116. The fourth-order valence-electron chi connectivity index (χ4n) is 3.55. The number of hydrogen-bond donors (Lipinski definition) is 2. The van der Waals surface area contributed by atoms with Gasteiger partial charge in [0.25, 0.3) is 5.91 Å². The molecule has 0 aliphatic heterocycles. The molecule has 2 N–H and O–H groups in total. The van der Waals surface area contributed by atoms with E-state index in [1.165, 1.54) is 0 Å². The number of carbonyl (C=O) groups is 2. The zero-order valence-electron chi connectivity index (χ0n) is 17.6. The van der Waals surface area contributed by atoms with Crippen molar-refractivity contribution in [2.75, 3.05) is 11.9 Å². The van der Waals surface area contributed by atoms with Crippen LogP contribution in [0.1, 0.15) is 21.7 Å². The van der Waals surface area contributed by atoms with E-state index < -0.39 is 0 Å². The van der Waals surface area contributed by atoms with Crippen LogP contribution in [-0.4, -0.2) is 27.9 Å². The summed E-state index contributed by atoms with van der Waals surface area (Å²) in [6, 6.07) is 22.1. The molecular formula is C25H23ClN4O2. The van der Waals surface area contributed by atoms with Crippen LogP contribution in [0.2, 0.25) is 5.02 Å². The molecule has 7 heteroatoms. The van der Waals surface area contributed by atoms with E-state index in [0.717, 1.165) is 22.4 Å². The summed E-state index contributed by atoms with van der Waals surface area (Å²) in [5, 5.41) is 6.43. The maximum absolute atomic E-state index is 12.7. The van der Waals surface area contributed by atoms with Gasteiger partial charge in [0.05, 0.1) is 11.0 Å². The molecule has 2 amide bonds. The SMILES string of the molecule is Cc1cccc(C(=O)NCCc2nc3ccccc3n2CC(=O)Nc2ccc(Cl)cc2)c1. The van der Waals surface area contributed by atoms with Gasteiger partial charge >= 0.3 is 0 Å². The Hall–Kier alpha value is -3.64. The Morgan fingerprint density at radius 2 is 1.78 bits per heavy atom. The van der Waals surface area contributed by atoms with Gasteiger partial charge in [0.1, 0.15) is 12.4 Å². The van der Waals surface area contributed by atoms with Crippen LogP contribution in [0, 0.1) is 6.92 Å². The number of aryl methyl sites for hydroxylation is 1. The lowest BCUT2D eigenvalue weighted by Crippen LogP contribution is -2.27. The molecule has 1 heterocycles. The summed E-state index contributed by atoms with van der Waals surface area (Å²) < 4.78 is 1.89. The predicted molar refractivity (Wildman–Crippen MR) is 127 cm³/mol. The lowest BCUT2D eigenvalue weighted by atomic mass is 10.1. The van der Waals surface area contributed by atoms with Crippen molar-refractivity contribution in [3.8, 4) is 0 Å². The van der Waals surface area contributed by atoms with Crippen molar-refractivity contribution < 1.29 is 9.59 Å². The van der Waals surface area contributed by atoms with E-state index in [-0.39, 0.29) is 18.4 Å². The summed E-state index contributed by atoms with van der Waals surface area (Å²) in [6.45, 7) is 2.48. The Kier molecular flexibility index (Phi) is 6.52. The van der Waals surface area contributed by atoms with Crippen LogP contribution >= 0.6 is 11.6 Å². The molecule has 32 heavy (non-hydrogen) atoms. The van der Waals surface area contributed by atoms with Crippen molar-refractivity contribution in [1.82, 2.24) is 14.9 Å². The topological polar surface area (TPSA) is 76.0 Å². The molecular weight excluding hydrogens is 424 g/mol. The van der Waals surface area contributed by atoms with E-state index in [4.69, 9.17) is 11.6 Å². The van der Waals surface area contributed by atoms with Gasteiger partial charge in [-0.05, 0) is 55.5 Å². The van der Waals surface area contributed by atoms with Crippen LogP contribution in [0.3, 0.4) is 0 Å². The highest BCUT2D eigenvalue weighted by atomic mass is 35.5. The fourth-order valence-corrected chi connectivity index (χ4v) is 3.67. The lowest BCUT2D eigenvalue weighted by Gasteiger charge is -2.11. The van der Waals surface area contributed by atoms with Crippen molar-refractivity contribution >= 4 is 40.1 Å². The zero-order valence-corrected chi connectivity index (χ0v) is 18.4. The predicted octanol–water partition coefficient (Wildman–Crippen LogP) is 4.61. The zero-order chi connectivity index (χ0) is 22.5. The number of amides is 2. The number of nitrogens with one attached hydrogen (secondary N) is 2. The van der Waals surface area contributed by atoms with Crippen molar-refractivity contribution in [3.63, 3.8) is 0 Å². The molecule has 0 fully saturated rings. The van der Waals surface area contributed by atoms with Gasteiger partial charge in [-0.1, -0.05) is 41.4 Å². The molecule has 0 spiro atoms. The average molecular weight is 447 g/mol. The van der Waals surface area contributed by atoms with Gasteiger partial charge in [0.2, 0.25) is 5.91 Å². The van der Waals surface area contributed by atoms with Gasteiger partial charge in [-0.2, -0.15) is 0 Å². The van der Waals surface area contributed by atoms with Gasteiger partial charge in [-0.15, -0.1) is 0 Å². The largest absolute Gasteiger partial charge is 0.352 e. The summed E-state index contributed by atoms with van der Waals surface area (Å²) in [7, 11) is 0. The number of hydrogen-bond acceptors (Lipinski definition) is 3. The summed E-state index contributed by atoms with van der Waals surface area (Å²) >= 11 is 5.91. The molecule has 3 aromatic carbocycles. The van der Waals surface area contributed by atoms with Crippen LogP contribution in [0.4, 0.5) is 5.69 Å². The third-order valence-electron chi connectivity index (χ3n) is 5.08. The van der Waals surface area contributed by atoms with E-state index in [0.29, 0.717) is 29.2 Å². The number of aromatic nitrogens is 2. The standard InChI is InChI=1S/C25H23ClN4O2/c1-17-5-4-6-18(15-17)25(32)27-14-13-23-29-21-7-2-3-8-22(21)30(23)16-24(31)28-20-11-9-19(26)10-12-20/h2-12,15H,13-14,16H2,1H3,(H,27,32)(H,28,31). The monoisotopic (exact) mass is 446 g/mol. The molecule has 0 saturated heterocycles. The molecule has 1 aromatic heterocycles. The molecule has 0 bridgehead atoms. The number of rotatable bonds is 7. The summed E-state index contributed by atoms with van der Waals surface area (Å²) in [6.07, 6.45) is 0.500. The minimum atomic E-state index is -0.166. The van der Waals surface area contributed by atoms with Crippen LogP contribution in [-0.2, 0) is 17.8 Å². The number of anilines is 1. The molecule has 0 atom stereocenters. The maximum atomic E-state index is 12.7. The Morgan fingerprint density at radius 1 is 1.00 bits per heavy atom. The van der Waals surface area contributed by atoms with Crippen LogP contribution in [0.5, 0.6) is 0 Å². The van der Waals surface area contributed by atoms with E-state index in [1.54, 1.807) is 30.3 Å². The van der Waals surface area contributed by atoms with Crippen LogP contribution in [0.25, 0.3) is 11.0 Å². The maximum Gasteiger partial charge on any atom is 0.251 e. The normalized spacial score (nSPS) is 10.8. The first-order valence-electron chi connectivity index (χ1n) is 10.3. The second-order valence-corrected chi connectivity index (χ2v) is 7.97. The Balaban J connectivity index is 1.46. The van der Waals surface area contributed by atoms with Crippen molar-refractivity contribution in [2.45, 2.75) is 19.9 Å². The minimum absolute atomic E-state index is 0.115. The summed E-state index contributed by atoms with van der Waals surface area (Å²) in [4.78, 5) is 29.8. The van der Waals surface area contributed by atoms with Gasteiger partial charge in [0, 0.05) is 29.2 Å². The molecule has 6 nitrogen and oxygen atoms in total. The minimum Gasteiger partial charge on any atom is -0.352 e. The Labute approximate surface area is 191 Å². The Morgan fingerprint density at radius 3 is 2.56 bits per heavy atom. The average Bonchev–Trinajstić information content (AvgIpc) is 3.12. The molecule has 4 aromatic rings. The number of benzene rings is 3. The van der Waals surface area contributed by atoms with Crippen molar-refractivity contribution in [1.29, 1.82) is 0 Å². The van der Waals surface area contributed by atoms with Gasteiger partial charge in [-0.25, -0.2) is 4.98 Å². The molecule has 0 aliphatic rings. The number of nitrogens with zero attached hydrogens (tertiary/aromatic N) is 2. The first kappa shape index (κ1) is 21.6. The van der Waals surface area contributed by atoms with E-state index in [2.05, 4.69) is 15.6 Å². The van der Waals surface area contributed by atoms with Crippen LogP contribution < -0.4 is 10.6 Å². The molecule has 0 radical (unpaired) electrons. The highest BCUT2D eigenvalue weighted by Crippen LogP contribution is 2.18. The number of imidazole rings is 1. The fraction of sp³-hybridized carbons (Fsp3) is 0.160. The van der Waals surface area contributed by atoms with Crippen LogP contribution in [0.15, 0.2) is 72.8 Å². The Bertz CT molecular complexity index is 1260. The van der Waals surface area contributed by atoms with Gasteiger partial charge < -0.3 is 15.2 Å².